The van der Waals surface area contributed by atoms with Crippen molar-refractivity contribution in [1.29, 1.82) is 0 Å². The third kappa shape index (κ3) is 1.25. The Bertz CT molecular complexity index is 613. The second-order valence-corrected chi connectivity index (χ2v) is 6.09. The summed E-state index contributed by atoms with van der Waals surface area (Å²) >= 11 is 8.41. The molecule has 0 atom stereocenters. The van der Waals surface area contributed by atoms with Crippen molar-refractivity contribution in [2.75, 3.05) is 0 Å². The monoisotopic (exact) mass is 236 g/mol. The molecular weight excluding hydrogens is 232 g/mol. The summed E-state index contributed by atoms with van der Waals surface area (Å²) in [4.78, 5) is 8.51. The summed E-state index contributed by atoms with van der Waals surface area (Å²) in [5.74, 6) is 0. The fourth-order valence-electron chi connectivity index (χ4n) is 1.33. The summed E-state index contributed by atoms with van der Waals surface area (Å²) in [6.07, 6.45) is 3.42. The van der Waals surface area contributed by atoms with Gasteiger partial charge in [-0.3, -0.25) is 9.97 Å². The van der Waals surface area contributed by atoms with E-state index in [2.05, 4.69) is 22.1 Å². The van der Waals surface area contributed by atoms with E-state index >= 15 is 0 Å². The number of hydrogen-bond donors (Lipinski definition) is 0. The molecule has 0 saturated heterocycles. The minimum absolute atomic E-state index is 0.934. The minimum atomic E-state index is 0.934. The first kappa shape index (κ1) is 8.40. The van der Waals surface area contributed by atoms with Gasteiger partial charge in [0.1, 0.15) is 3.14 Å². The summed E-state index contributed by atoms with van der Waals surface area (Å²) in [5.41, 5.74) is 1.87. The van der Waals surface area contributed by atoms with Crippen LogP contribution < -0.4 is 0 Å². The lowest BCUT2D eigenvalue weighted by Gasteiger charge is -1.94. The second kappa shape index (κ2) is 3.05. The standard InChI is InChI=1S/C9H4N2S3/c12-9-13-7-3-5-6(4-8(7)14-9)11-2-1-10-5/h1-4H. The van der Waals surface area contributed by atoms with Crippen molar-refractivity contribution in [3.8, 4) is 0 Å². The first-order valence-electron chi connectivity index (χ1n) is 3.97. The topological polar surface area (TPSA) is 25.8 Å². The molecule has 0 fully saturated rings. The molecule has 0 unspecified atom stereocenters. The summed E-state index contributed by atoms with van der Waals surface area (Å²) in [5, 5.41) is 0. The number of nitrogens with zero attached hydrogens (tertiary/aromatic N) is 2. The molecule has 0 bridgehead atoms. The van der Waals surface area contributed by atoms with Gasteiger partial charge < -0.3 is 0 Å². The molecule has 3 aromatic rings. The van der Waals surface area contributed by atoms with Crippen LogP contribution in [0.2, 0.25) is 0 Å². The van der Waals surface area contributed by atoms with E-state index in [4.69, 9.17) is 12.2 Å². The first-order chi connectivity index (χ1) is 6.83. The number of hydrogen-bond acceptors (Lipinski definition) is 5. The third-order valence-corrected chi connectivity index (χ3v) is 4.50. The first-order valence-corrected chi connectivity index (χ1v) is 6.01. The highest BCUT2D eigenvalue weighted by Gasteiger charge is 2.01. The van der Waals surface area contributed by atoms with E-state index in [-0.39, 0.29) is 0 Å². The highest BCUT2D eigenvalue weighted by atomic mass is 32.2. The number of rotatable bonds is 0. The van der Waals surface area contributed by atoms with Crippen molar-refractivity contribution in [1.82, 2.24) is 9.97 Å². The molecule has 2 nitrogen and oxygen atoms in total. The van der Waals surface area contributed by atoms with E-state index < -0.39 is 0 Å². The molecule has 0 spiro atoms. The zero-order valence-corrected chi connectivity index (χ0v) is 9.38. The molecule has 5 heteroatoms. The molecule has 0 amide bonds. The molecular formula is C9H4N2S3. The van der Waals surface area contributed by atoms with Crippen LogP contribution in [-0.4, -0.2) is 9.97 Å². The van der Waals surface area contributed by atoms with Crippen LogP contribution >= 0.6 is 34.9 Å². The summed E-state index contributed by atoms with van der Waals surface area (Å²) in [7, 11) is 0. The lowest BCUT2D eigenvalue weighted by Crippen LogP contribution is -1.79. The Morgan fingerprint density at radius 1 is 0.929 bits per heavy atom. The normalized spacial score (nSPS) is 11.1. The molecule has 2 aromatic heterocycles. The molecule has 0 N–H and O–H groups in total. The molecule has 0 aliphatic rings. The van der Waals surface area contributed by atoms with Crippen molar-refractivity contribution < 1.29 is 0 Å². The van der Waals surface area contributed by atoms with Gasteiger partial charge in [0, 0.05) is 21.8 Å². The van der Waals surface area contributed by atoms with Gasteiger partial charge >= 0.3 is 0 Å². The van der Waals surface area contributed by atoms with Crippen LogP contribution in [0.3, 0.4) is 0 Å². The highest BCUT2D eigenvalue weighted by Crippen LogP contribution is 2.30. The number of aromatic nitrogens is 2. The minimum Gasteiger partial charge on any atom is -0.253 e. The Balaban J connectivity index is 2.57. The van der Waals surface area contributed by atoms with Crippen LogP contribution in [0.5, 0.6) is 0 Å². The van der Waals surface area contributed by atoms with E-state index in [0.717, 1.165) is 14.2 Å². The van der Waals surface area contributed by atoms with Crippen molar-refractivity contribution in [3.05, 3.63) is 27.7 Å². The summed E-state index contributed by atoms with van der Waals surface area (Å²) in [6, 6.07) is 4.10. The predicted octanol–water partition coefficient (Wildman–Crippen LogP) is 3.64. The van der Waals surface area contributed by atoms with Gasteiger partial charge in [0.05, 0.1) is 11.0 Å². The van der Waals surface area contributed by atoms with Crippen LogP contribution in [0.25, 0.3) is 20.4 Å². The summed E-state index contributed by atoms with van der Waals surface area (Å²) < 4.78 is 3.36. The molecule has 0 saturated carbocycles. The van der Waals surface area contributed by atoms with Gasteiger partial charge in [-0.1, -0.05) is 12.2 Å². The summed E-state index contributed by atoms with van der Waals surface area (Å²) in [6.45, 7) is 0. The molecule has 14 heavy (non-hydrogen) atoms. The van der Waals surface area contributed by atoms with Crippen LogP contribution in [0.4, 0.5) is 0 Å². The molecule has 0 aliphatic heterocycles. The maximum Gasteiger partial charge on any atom is 0.144 e. The fourth-order valence-corrected chi connectivity index (χ4v) is 3.85. The van der Waals surface area contributed by atoms with E-state index in [9.17, 15) is 0 Å². The van der Waals surface area contributed by atoms with Crippen molar-refractivity contribution in [3.63, 3.8) is 0 Å². The van der Waals surface area contributed by atoms with Gasteiger partial charge in [0.25, 0.3) is 0 Å². The molecule has 1 aromatic carbocycles. The fraction of sp³-hybridized carbons (Fsp3) is 0. The van der Waals surface area contributed by atoms with E-state index in [1.54, 1.807) is 35.1 Å². The van der Waals surface area contributed by atoms with Gasteiger partial charge in [0.15, 0.2) is 0 Å². The highest BCUT2D eigenvalue weighted by molar-refractivity contribution is 7.77. The number of benzene rings is 1. The van der Waals surface area contributed by atoms with Crippen LogP contribution in [-0.2, 0) is 0 Å². The zero-order valence-electron chi connectivity index (χ0n) is 6.93. The number of fused-ring (bicyclic) bond motifs is 2. The average Bonchev–Trinajstić information content (AvgIpc) is 2.53. The quantitative estimate of drug-likeness (QED) is 0.557. The van der Waals surface area contributed by atoms with Gasteiger partial charge in [-0.2, -0.15) is 0 Å². The van der Waals surface area contributed by atoms with E-state index in [1.807, 2.05) is 0 Å². The lowest BCUT2D eigenvalue weighted by atomic mass is 10.3. The van der Waals surface area contributed by atoms with Crippen LogP contribution in [0.15, 0.2) is 24.5 Å². The maximum absolute atomic E-state index is 5.15. The average molecular weight is 236 g/mol. The SMILES string of the molecule is S=c1sc2cc3nccnc3cc2s1. The van der Waals surface area contributed by atoms with Crippen molar-refractivity contribution >= 4 is 55.3 Å². The Labute approximate surface area is 92.9 Å². The Morgan fingerprint density at radius 3 is 1.93 bits per heavy atom. The maximum atomic E-state index is 5.15. The smallest absolute Gasteiger partial charge is 0.144 e. The van der Waals surface area contributed by atoms with Crippen molar-refractivity contribution in [2.24, 2.45) is 0 Å². The second-order valence-electron chi connectivity index (χ2n) is 2.80. The molecule has 3 rings (SSSR count). The van der Waals surface area contributed by atoms with Gasteiger partial charge in [-0.15, -0.1) is 22.7 Å². The predicted molar refractivity (Wildman–Crippen MR) is 63.6 cm³/mol. The third-order valence-electron chi connectivity index (χ3n) is 1.92. The largest absolute Gasteiger partial charge is 0.253 e. The van der Waals surface area contributed by atoms with E-state index in [1.165, 1.54) is 9.40 Å². The van der Waals surface area contributed by atoms with Gasteiger partial charge in [-0.25, -0.2) is 0 Å². The Morgan fingerprint density at radius 2 is 1.43 bits per heavy atom. The molecule has 2 heterocycles. The molecule has 0 radical (unpaired) electrons. The zero-order chi connectivity index (χ0) is 9.54. The van der Waals surface area contributed by atoms with Crippen molar-refractivity contribution in [2.45, 2.75) is 0 Å². The molecule has 68 valence electrons. The molecule has 0 aliphatic carbocycles. The Hall–Kier alpha value is -0.910. The van der Waals surface area contributed by atoms with E-state index in [0.29, 0.717) is 0 Å². The van der Waals surface area contributed by atoms with Crippen LogP contribution in [0, 0.1) is 3.14 Å². The lowest BCUT2D eigenvalue weighted by molar-refractivity contribution is 1.30. The van der Waals surface area contributed by atoms with Crippen LogP contribution in [0.1, 0.15) is 0 Å². The van der Waals surface area contributed by atoms with Gasteiger partial charge in [0.2, 0.25) is 0 Å². The Kier molecular flexibility index (Phi) is 1.83. The van der Waals surface area contributed by atoms with Gasteiger partial charge in [-0.05, 0) is 12.1 Å².